The number of hydrogen-bond donors (Lipinski definition) is 3. The normalized spacial score (nSPS) is 10.8. The lowest BCUT2D eigenvalue weighted by Gasteiger charge is -2.05. The molecular weight excluding hydrogens is 226 g/mol. The minimum absolute atomic E-state index is 0.0778. The fourth-order valence-corrected chi connectivity index (χ4v) is 1.25. The molecule has 0 spiro atoms. The van der Waals surface area contributed by atoms with Gasteiger partial charge in [0.05, 0.1) is 5.57 Å². The van der Waals surface area contributed by atoms with E-state index in [-0.39, 0.29) is 11.7 Å². The Bertz CT molecular complexity index is 543. The summed E-state index contributed by atoms with van der Waals surface area (Å²) in [5.74, 6) is 5.31. The number of carbonyl (C=O) groups excluding carboxylic acids is 1. The Labute approximate surface area is 106 Å². The smallest absolute Gasteiger partial charge is 0.222 e. The molecule has 0 fully saturated rings. The van der Waals surface area contributed by atoms with Crippen molar-refractivity contribution >= 4 is 11.7 Å². The maximum Gasteiger partial charge on any atom is 0.222 e. The van der Waals surface area contributed by atoms with Gasteiger partial charge in [-0.1, -0.05) is 30.0 Å². The van der Waals surface area contributed by atoms with Crippen molar-refractivity contribution in [3.8, 4) is 11.8 Å². The Morgan fingerprint density at radius 2 is 1.89 bits per heavy atom. The van der Waals surface area contributed by atoms with Gasteiger partial charge >= 0.3 is 0 Å². The summed E-state index contributed by atoms with van der Waals surface area (Å²) in [6.07, 6.45) is 0. The van der Waals surface area contributed by atoms with Gasteiger partial charge in [0.2, 0.25) is 5.91 Å². The molecule has 1 aromatic rings. The van der Waals surface area contributed by atoms with E-state index < -0.39 is 0 Å². The molecule has 4 N–H and O–H groups in total. The third-order valence-corrected chi connectivity index (χ3v) is 2.05. The zero-order valence-corrected chi connectivity index (χ0v) is 10.4. The van der Waals surface area contributed by atoms with Crippen molar-refractivity contribution < 1.29 is 4.79 Å². The van der Waals surface area contributed by atoms with E-state index in [9.17, 15) is 4.79 Å². The fraction of sp³-hybridized carbons (Fsp3) is 0.143. The second-order valence-electron chi connectivity index (χ2n) is 3.73. The number of nitrogens with one attached hydrogen (secondary N) is 2. The third kappa shape index (κ3) is 4.14. The van der Waals surface area contributed by atoms with E-state index in [1.54, 1.807) is 6.92 Å². The molecule has 1 amide bonds. The van der Waals surface area contributed by atoms with Gasteiger partial charge in [0.25, 0.3) is 0 Å². The first kappa shape index (κ1) is 13.5. The van der Waals surface area contributed by atoms with E-state index in [1.165, 1.54) is 6.92 Å². The van der Waals surface area contributed by atoms with Crippen LogP contribution in [0.3, 0.4) is 0 Å². The van der Waals surface area contributed by atoms with E-state index in [2.05, 4.69) is 17.2 Å². The molecule has 0 aliphatic heterocycles. The van der Waals surface area contributed by atoms with E-state index in [1.807, 2.05) is 30.3 Å². The number of amides is 1. The largest absolute Gasteiger partial charge is 0.401 e. The average Bonchev–Trinajstić information content (AvgIpc) is 2.29. The zero-order chi connectivity index (χ0) is 13.5. The van der Waals surface area contributed by atoms with Gasteiger partial charge in [-0.05, 0) is 19.1 Å². The summed E-state index contributed by atoms with van der Waals surface area (Å²) in [7, 11) is 0. The van der Waals surface area contributed by atoms with Crippen molar-refractivity contribution in [2.45, 2.75) is 13.8 Å². The van der Waals surface area contributed by atoms with Crippen molar-refractivity contribution in [1.29, 1.82) is 5.41 Å². The van der Waals surface area contributed by atoms with Crippen LogP contribution in [0.2, 0.25) is 0 Å². The molecule has 4 nitrogen and oxygen atoms in total. The molecule has 0 saturated heterocycles. The van der Waals surface area contributed by atoms with Crippen molar-refractivity contribution in [3.05, 3.63) is 47.2 Å². The molecule has 92 valence electrons. The lowest BCUT2D eigenvalue weighted by Crippen LogP contribution is -2.29. The monoisotopic (exact) mass is 241 g/mol. The van der Waals surface area contributed by atoms with Crippen molar-refractivity contribution in [1.82, 2.24) is 5.32 Å². The van der Waals surface area contributed by atoms with E-state index >= 15 is 0 Å². The van der Waals surface area contributed by atoms with Crippen LogP contribution in [-0.4, -0.2) is 11.7 Å². The van der Waals surface area contributed by atoms with Gasteiger partial charge in [-0.2, -0.15) is 0 Å². The van der Waals surface area contributed by atoms with Crippen LogP contribution in [0, 0.1) is 17.3 Å². The molecule has 0 bridgehead atoms. The first-order valence-corrected chi connectivity index (χ1v) is 5.40. The maximum atomic E-state index is 10.9. The fourth-order valence-electron chi connectivity index (χ4n) is 1.25. The summed E-state index contributed by atoms with van der Waals surface area (Å²) in [5.41, 5.74) is 7.22. The standard InChI is InChI=1S/C14H15N3O/c1-10(15)13(14(16)17-11(2)18)9-8-12-6-4-3-5-7-12/h3-7H,15H2,1-2H3,(H2,16,17,18). The predicted octanol–water partition coefficient (Wildman–Crippen LogP) is 1.38. The molecule has 0 unspecified atom stereocenters. The summed E-state index contributed by atoms with van der Waals surface area (Å²) in [4.78, 5) is 10.9. The Morgan fingerprint density at radius 1 is 1.28 bits per heavy atom. The van der Waals surface area contributed by atoms with Crippen LogP contribution in [0.1, 0.15) is 19.4 Å². The molecule has 0 saturated carbocycles. The zero-order valence-electron chi connectivity index (χ0n) is 10.4. The lowest BCUT2D eigenvalue weighted by atomic mass is 10.1. The van der Waals surface area contributed by atoms with Gasteiger partial charge in [-0.25, -0.2) is 0 Å². The van der Waals surface area contributed by atoms with Gasteiger partial charge in [-0.3, -0.25) is 10.2 Å². The van der Waals surface area contributed by atoms with Crippen LogP contribution in [0.4, 0.5) is 0 Å². The molecule has 0 heterocycles. The van der Waals surface area contributed by atoms with E-state index in [0.29, 0.717) is 11.3 Å². The second kappa shape index (κ2) is 6.26. The Morgan fingerprint density at radius 3 is 2.39 bits per heavy atom. The second-order valence-corrected chi connectivity index (χ2v) is 3.73. The van der Waals surface area contributed by atoms with Gasteiger partial charge in [-0.15, -0.1) is 0 Å². The molecule has 1 aromatic carbocycles. The number of rotatable bonds is 1. The van der Waals surface area contributed by atoms with Crippen molar-refractivity contribution in [3.63, 3.8) is 0 Å². The number of carbonyl (C=O) groups is 1. The van der Waals surface area contributed by atoms with Gasteiger partial charge in [0.15, 0.2) is 0 Å². The summed E-state index contributed by atoms with van der Waals surface area (Å²) in [6, 6.07) is 9.37. The molecule has 1 rings (SSSR count). The molecule has 18 heavy (non-hydrogen) atoms. The van der Waals surface area contributed by atoms with Crippen LogP contribution in [0.25, 0.3) is 0 Å². The molecule has 0 aromatic heterocycles. The highest BCUT2D eigenvalue weighted by molar-refractivity contribution is 6.08. The lowest BCUT2D eigenvalue weighted by molar-refractivity contribution is -0.117. The van der Waals surface area contributed by atoms with Crippen LogP contribution in [-0.2, 0) is 4.79 Å². The molecule has 4 heteroatoms. The highest BCUT2D eigenvalue weighted by atomic mass is 16.1. The topological polar surface area (TPSA) is 79.0 Å². The van der Waals surface area contributed by atoms with Crippen LogP contribution in [0.15, 0.2) is 41.6 Å². The number of nitrogens with two attached hydrogens (primary N) is 1. The SMILES string of the molecule is CC(=O)NC(=N)C(C#Cc1ccccc1)=C(C)N. The van der Waals surface area contributed by atoms with Crippen molar-refractivity contribution in [2.75, 3.05) is 0 Å². The summed E-state index contributed by atoms with van der Waals surface area (Å²) in [5, 5.41) is 10.1. The van der Waals surface area contributed by atoms with Gasteiger partial charge in [0, 0.05) is 18.2 Å². The number of hydrogen-bond acceptors (Lipinski definition) is 3. The quantitative estimate of drug-likeness (QED) is 0.394. The van der Waals surface area contributed by atoms with Crippen LogP contribution >= 0.6 is 0 Å². The Balaban J connectivity index is 2.97. The number of allylic oxidation sites excluding steroid dienone is 1. The van der Waals surface area contributed by atoms with Gasteiger partial charge in [0.1, 0.15) is 5.84 Å². The summed E-state index contributed by atoms with van der Waals surface area (Å²) < 4.78 is 0. The Kier molecular flexibility index (Phi) is 4.70. The number of benzene rings is 1. The molecule has 0 aliphatic rings. The minimum atomic E-state index is -0.319. The minimum Gasteiger partial charge on any atom is -0.401 e. The van der Waals surface area contributed by atoms with Crippen molar-refractivity contribution in [2.24, 2.45) is 5.73 Å². The Hall–Kier alpha value is -2.54. The van der Waals surface area contributed by atoms with Gasteiger partial charge < -0.3 is 11.1 Å². The average molecular weight is 241 g/mol. The van der Waals surface area contributed by atoms with E-state index in [4.69, 9.17) is 11.1 Å². The summed E-state index contributed by atoms with van der Waals surface area (Å²) in [6.45, 7) is 2.98. The number of amidine groups is 1. The van der Waals surface area contributed by atoms with Crippen LogP contribution < -0.4 is 11.1 Å². The first-order valence-electron chi connectivity index (χ1n) is 5.40. The predicted molar refractivity (Wildman–Crippen MR) is 71.8 cm³/mol. The van der Waals surface area contributed by atoms with Crippen LogP contribution in [0.5, 0.6) is 0 Å². The highest BCUT2D eigenvalue weighted by Crippen LogP contribution is 2.00. The molecule has 0 aliphatic carbocycles. The van der Waals surface area contributed by atoms with E-state index in [0.717, 1.165) is 5.56 Å². The molecule has 0 radical (unpaired) electrons. The molecule has 0 atom stereocenters. The third-order valence-electron chi connectivity index (χ3n) is 2.05. The highest BCUT2D eigenvalue weighted by Gasteiger charge is 2.06. The summed E-state index contributed by atoms with van der Waals surface area (Å²) >= 11 is 0. The molecular formula is C14H15N3O. The first-order chi connectivity index (χ1) is 8.50. The maximum absolute atomic E-state index is 10.9.